The Kier molecular flexibility index (Phi) is 3.71. The van der Waals surface area contributed by atoms with Crippen LogP contribution in [0.2, 0.25) is 0 Å². The summed E-state index contributed by atoms with van der Waals surface area (Å²) in [7, 11) is -1.86. The van der Waals surface area contributed by atoms with E-state index in [-0.39, 0.29) is 22.9 Å². The molecule has 0 atom stereocenters. The number of hydrogen-bond acceptors (Lipinski definition) is 4. The molecule has 0 unspecified atom stereocenters. The summed E-state index contributed by atoms with van der Waals surface area (Å²) in [6, 6.07) is 4.97. The van der Waals surface area contributed by atoms with Gasteiger partial charge in [-0.15, -0.1) is 0 Å². The van der Waals surface area contributed by atoms with Gasteiger partial charge < -0.3 is 10.5 Å². The quantitative estimate of drug-likeness (QED) is 0.782. The molecule has 0 aliphatic carbocycles. The van der Waals surface area contributed by atoms with Gasteiger partial charge in [0.05, 0.1) is 22.9 Å². The third-order valence-corrected chi connectivity index (χ3v) is 3.79. The second-order valence-electron chi connectivity index (χ2n) is 3.35. The van der Waals surface area contributed by atoms with Crippen molar-refractivity contribution in [1.29, 1.82) is 0 Å². The number of methoxy groups -OCH3 is 1. The average Bonchev–Trinajstić information content (AvgIpc) is 2.18. The summed E-state index contributed by atoms with van der Waals surface area (Å²) in [4.78, 5) is 0.194. The third-order valence-electron chi connectivity index (χ3n) is 2.06. The number of nitrogens with two attached hydrogens (primary N) is 1. The second kappa shape index (κ2) is 4.63. The first kappa shape index (κ1) is 12.0. The van der Waals surface area contributed by atoms with Crippen LogP contribution in [-0.2, 0) is 14.6 Å². The molecule has 1 aromatic rings. The Bertz CT molecular complexity index is 440. The minimum Gasteiger partial charge on any atom is -0.398 e. The molecule has 0 heterocycles. The molecule has 1 aromatic carbocycles. The summed E-state index contributed by atoms with van der Waals surface area (Å²) < 4.78 is 28.4. The maximum Gasteiger partial charge on any atom is 0.182 e. The van der Waals surface area contributed by atoms with Crippen LogP contribution < -0.4 is 5.73 Å². The zero-order chi connectivity index (χ0) is 11.5. The van der Waals surface area contributed by atoms with Crippen molar-refractivity contribution < 1.29 is 13.2 Å². The van der Waals surface area contributed by atoms with Gasteiger partial charge in [-0.25, -0.2) is 8.42 Å². The molecule has 0 aliphatic rings. The van der Waals surface area contributed by atoms with Gasteiger partial charge in [-0.3, -0.25) is 0 Å². The third kappa shape index (κ3) is 2.94. The summed E-state index contributed by atoms with van der Waals surface area (Å²) in [5, 5.41) is 0. The molecule has 0 radical (unpaired) electrons. The molecule has 84 valence electrons. The van der Waals surface area contributed by atoms with Gasteiger partial charge in [0.2, 0.25) is 0 Å². The molecule has 2 N–H and O–H groups in total. The lowest BCUT2D eigenvalue weighted by atomic mass is 10.2. The fraction of sp³-hybridized carbons (Fsp3) is 0.400. The summed E-state index contributed by atoms with van der Waals surface area (Å²) >= 11 is 0. The molecule has 0 spiro atoms. The molecule has 0 fully saturated rings. The highest BCUT2D eigenvalue weighted by molar-refractivity contribution is 7.91. The highest BCUT2D eigenvalue weighted by Crippen LogP contribution is 2.20. The van der Waals surface area contributed by atoms with E-state index in [1.807, 2.05) is 6.92 Å². The van der Waals surface area contributed by atoms with E-state index in [0.717, 1.165) is 5.56 Å². The number of ether oxygens (including phenoxy) is 1. The largest absolute Gasteiger partial charge is 0.398 e. The highest BCUT2D eigenvalue weighted by atomic mass is 32.2. The van der Waals surface area contributed by atoms with Gasteiger partial charge in [0.15, 0.2) is 9.84 Å². The molecule has 0 saturated carbocycles. The van der Waals surface area contributed by atoms with Crippen LogP contribution in [-0.4, -0.2) is 27.9 Å². The monoisotopic (exact) mass is 229 g/mol. The maximum atomic E-state index is 11.8. The summed E-state index contributed by atoms with van der Waals surface area (Å²) in [5.74, 6) is -0.0445. The van der Waals surface area contributed by atoms with E-state index < -0.39 is 9.84 Å². The maximum absolute atomic E-state index is 11.8. The molecule has 4 nitrogen and oxygen atoms in total. The smallest absolute Gasteiger partial charge is 0.182 e. The van der Waals surface area contributed by atoms with Crippen LogP contribution in [0, 0.1) is 6.92 Å². The molecule has 0 aromatic heterocycles. The van der Waals surface area contributed by atoms with Crippen LogP contribution in [0.1, 0.15) is 5.56 Å². The van der Waals surface area contributed by atoms with Gasteiger partial charge in [-0.2, -0.15) is 0 Å². The van der Waals surface area contributed by atoms with Crippen molar-refractivity contribution in [2.75, 3.05) is 25.2 Å². The van der Waals surface area contributed by atoms with Crippen LogP contribution >= 0.6 is 0 Å². The van der Waals surface area contributed by atoms with E-state index in [2.05, 4.69) is 0 Å². The molecule has 0 amide bonds. The van der Waals surface area contributed by atoms with Crippen molar-refractivity contribution >= 4 is 15.5 Å². The number of anilines is 1. The number of sulfone groups is 1. The zero-order valence-electron chi connectivity index (χ0n) is 8.86. The Morgan fingerprint density at radius 2 is 2.07 bits per heavy atom. The first-order valence-electron chi connectivity index (χ1n) is 4.55. The van der Waals surface area contributed by atoms with Crippen LogP contribution in [0.3, 0.4) is 0 Å². The van der Waals surface area contributed by atoms with E-state index in [1.165, 1.54) is 7.11 Å². The van der Waals surface area contributed by atoms with Crippen LogP contribution in [0.25, 0.3) is 0 Å². The molecule has 0 aliphatic heterocycles. The zero-order valence-corrected chi connectivity index (χ0v) is 9.67. The van der Waals surface area contributed by atoms with Gasteiger partial charge in [0.25, 0.3) is 0 Å². The standard InChI is InChI=1S/C10H15NO3S/c1-8-3-4-9(11)10(7-8)15(12,13)6-5-14-2/h3-4,7H,5-6,11H2,1-2H3. The number of benzene rings is 1. The predicted octanol–water partition coefficient (Wildman–Crippen LogP) is 0.997. The Balaban J connectivity index is 3.09. The summed E-state index contributed by atoms with van der Waals surface area (Å²) in [5.41, 5.74) is 6.79. The molecule has 0 saturated heterocycles. The van der Waals surface area contributed by atoms with Gasteiger partial charge >= 0.3 is 0 Å². The molecule has 0 bridgehead atoms. The van der Waals surface area contributed by atoms with Gasteiger partial charge in [-0.1, -0.05) is 6.07 Å². The Labute approximate surface area is 90.0 Å². The predicted molar refractivity (Wildman–Crippen MR) is 59.5 cm³/mol. The first-order chi connectivity index (χ1) is 6.97. The van der Waals surface area contributed by atoms with Gasteiger partial charge in [0, 0.05) is 7.11 Å². The van der Waals surface area contributed by atoms with E-state index in [4.69, 9.17) is 10.5 Å². The minimum absolute atomic E-state index is 0.0445. The lowest BCUT2D eigenvalue weighted by Gasteiger charge is -2.07. The fourth-order valence-electron chi connectivity index (χ4n) is 1.21. The molecular formula is C10H15NO3S. The normalized spacial score (nSPS) is 11.6. The van der Waals surface area contributed by atoms with E-state index in [0.29, 0.717) is 0 Å². The van der Waals surface area contributed by atoms with Crippen molar-refractivity contribution in [3.63, 3.8) is 0 Å². The van der Waals surface area contributed by atoms with Crippen molar-refractivity contribution in [2.24, 2.45) is 0 Å². The summed E-state index contributed by atoms with van der Waals surface area (Å²) in [6.45, 7) is 2.00. The molecule has 5 heteroatoms. The van der Waals surface area contributed by atoms with E-state index >= 15 is 0 Å². The van der Waals surface area contributed by atoms with E-state index in [9.17, 15) is 8.42 Å². The van der Waals surface area contributed by atoms with Crippen molar-refractivity contribution in [2.45, 2.75) is 11.8 Å². The number of hydrogen-bond donors (Lipinski definition) is 1. The molecular weight excluding hydrogens is 214 g/mol. The highest BCUT2D eigenvalue weighted by Gasteiger charge is 2.17. The Morgan fingerprint density at radius 3 is 2.67 bits per heavy atom. The lowest BCUT2D eigenvalue weighted by molar-refractivity contribution is 0.217. The average molecular weight is 229 g/mol. The van der Waals surface area contributed by atoms with Gasteiger partial charge in [0.1, 0.15) is 0 Å². The first-order valence-corrected chi connectivity index (χ1v) is 6.20. The minimum atomic E-state index is -3.33. The Morgan fingerprint density at radius 1 is 1.40 bits per heavy atom. The SMILES string of the molecule is COCCS(=O)(=O)c1cc(C)ccc1N. The molecule has 15 heavy (non-hydrogen) atoms. The molecule has 1 rings (SSSR count). The van der Waals surface area contributed by atoms with Crippen LogP contribution in [0.5, 0.6) is 0 Å². The van der Waals surface area contributed by atoms with Crippen LogP contribution in [0.4, 0.5) is 5.69 Å². The van der Waals surface area contributed by atoms with Crippen molar-refractivity contribution in [3.05, 3.63) is 23.8 Å². The fourth-order valence-corrected chi connectivity index (χ4v) is 2.61. The van der Waals surface area contributed by atoms with Gasteiger partial charge in [-0.05, 0) is 24.6 Å². The Hall–Kier alpha value is -1.07. The van der Waals surface area contributed by atoms with Crippen molar-refractivity contribution in [3.8, 4) is 0 Å². The van der Waals surface area contributed by atoms with Crippen LogP contribution in [0.15, 0.2) is 23.1 Å². The van der Waals surface area contributed by atoms with Crippen molar-refractivity contribution in [1.82, 2.24) is 0 Å². The number of rotatable bonds is 4. The number of nitrogen functional groups attached to an aromatic ring is 1. The topological polar surface area (TPSA) is 69.4 Å². The summed E-state index contributed by atoms with van der Waals surface area (Å²) in [6.07, 6.45) is 0. The van der Waals surface area contributed by atoms with E-state index in [1.54, 1.807) is 18.2 Å². The number of aryl methyl sites for hydroxylation is 1. The lowest BCUT2D eigenvalue weighted by Crippen LogP contribution is -2.13. The second-order valence-corrected chi connectivity index (χ2v) is 5.43.